The van der Waals surface area contributed by atoms with E-state index in [1.165, 1.54) is 83.2 Å². The van der Waals surface area contributed by atoms with E-state index in [2.05, 4.69) is 254 Å². The van der Waals surface area contributed by atoms with Gasteiger partial charge in [0.2, 0.25) is 0 Å². The standard InChI is InChI=1S/C62H44N2/c1-61(2)53-31-17-14-28-48(53)50-36-35-46(39-56(50)61)64(44-25-10-5-11-26-44)58-38-41-20-12-13-27-47(41)60-59(58)52-30-16-19-33-55(52)62(60)54-32-18-15-29-49(54)51-37-34-45(40-57(51)62)63(42-21-6-3-7-22-42)43-23-8-4-9-24-43/h3-40H,1-2H3. The lowest BCUT2D eigenvalue weighted by Gasteiger charge is -2.34. The Bertz CT molecular complexity index is 3440. The zero-order chi connectivity index (χ0) is 42.6. The number of benzene rings is 10. The van der Waals surface area contributed by atoms with Gasteiger partial charge in [-0.15, -0.1) is 0 Å². The van der Waals surface area contributed by atoms with E-state index in [9.17, 15) is 0 Å². The molecule has 10 aromatic carbocycles. The van der Waals surface area contributed by atoms with Crippen LogP contribution in [0.25, 0.3) is 44.2 Å². The molecule has 1 spiro atoms. The molecule has 64 heavy (non-hydrogen) atoms. The number of hydrogen-bond donors (Lipinski definition) is 0. The van der Waals surface area contributed by atoms with E-state index >= 15 is 0 Å². The summed E-state index contributed by atoms with van der Waals surface area (Å²) in [6.45, 7) is 4.75. The van der Waals surface area contributed by atoms with Crippen molar-refractivity contribution in [3.63, 3.8) is 0 Å². The van der Waals surface area contributed by atoms with Gasteiger partial charge in [-0.25, -0.2) is 0 Å². The van der Waals surface area contributed by atoms with Crippen molar-refractivity contribution < 1.29 is 0 Å². The summed E-state index contributed by atoms with van der Waals surface area (Å²) in [5.41, 5.74) is 21.9. The van der Waals surface area contributed by atoms with E-state index in [1.807, 2.05) is 0 Å². The first kappa shape index (κ1) is 36.7. The van der Waals surface area contributed by atoms with Crippen molar-refractivity contribution in [2.24, 2.45) is 0 Å². The summed E-state index contributed by atoms with van der Waals surface area (Å²) in [5, 5.41) is 2.49. The summed E-state index contributed by atoms with van der Waals surface area (Å²) in [7, 11) is 0. The van der Waals surface area contributed by atoms with Gasteiger partial charge in [0.15, 0.2) is 0 Å². The van der Waals surface area contributed by atoms with Crippen LogP contribution >= 0.6 is 0 Å². The maximum atomic E-state index is 2.53. The summed E-state index contributed by atoms with van der Waals surface area (Å²) in [6.07, 6.45) is 0. The van der Waals surface area contributed by atoms with Crippen molar-refractivity contribution in [3.05, 3.63) is 264 Å². The molecule has 3 aliphatic carbocycles. The number of anilines is 6. The minimum absolute atomic E-state index is 0.144. The first-order chi connectivity index (χ1) is 31.5. The monoisotopic (exact) mass is 816 g/mol. The predicted octanol–water partition coefficient (Wildman–Crippen LogP) is 16.4. The highest BCUT2D eigenvalue weighted by atomic mass is 15.2. The molecule has 0 bridgehead atoms. The highest BCUT2D eigenvalue weighted by Gasteiger charge is 2.54. The minimum Gasteiger partial charge on any atom is -0.310 e. The lowest BCUT2D eigenvalue weighted by molar-refractivity contribution is 0.660. The zero-order valence-electron chi connectivity index (χ0n) is 35.8. The van der Waals surface area contributed by atoms with Gasteiger partial charge in [0.05, 0.1) is 11.1 Å². The first-order valence-electron chi connectivity index (χ1n) is 22.4. The average Bonchev–Trinajstić information content (AvgIpc) is 3.91. The van der Waals surface area contributed by atoms with Crippen molar-refractivity contribution in [3.8, 4) is 33.4 Å². The fourth-order valence-corrected chi connectivity index (χ4v) is 11.7. The van der Waals surface area contributed by atoms with Crippen LogP contribution in [0.15, 0.2) is 231 Å². The summed E-state index contributed by atoms with van der Waals surface area (Å²) in [5.74, 6) is 0. The highest BCUT2D eigenvalue weighted by molar-refractivity contribution is 6.10. The van der Waals surface area contributed by atoms with Crippen LogP contribution in [0.2, 0.25) is 0 Å². The Hall–Kier alpha value is -7.94. The molecule has 0 radical (unpaired) electrons. The molecule has 0 aromatic heterocycles. The minimum atomic E-state index is -0.605. The van der Waals surface area contributed by atoms with Crippen molar-refractivity contribution >= 4 is 44.9 Å². The molecule has 2 heteroatoms. The zero-order valence-corrected chi connectivity index (χ0v) is 35.8. The maximum Gasteiger partial charge on any atom is 0.0733 e. The number of nitrogens with zero attached hydrogens (tertiary/aromatic N) is 2. The molecule has 10 aromatic rings. The Kier molecular flexibility index (Phi) is 7.90. The molecular weight excluding hydrogens is 773 g/mol. The third-order valence-electron chi connectivity index (χ3n) is 14.4. The van der Waals surface area contributed by atoms with Gasteiger partial charge in [-0.1, -0.05) is 178 Å². The molecule has 0 saturated carbocycles. The van der Waals surface area contributed by atoms with Crippen LogP contribution in [0.4, 0.5) is 34.1 Å². The van der Waals surface area contributed by atoms with Gasteiger partial charge in [-0.3, -0.25) is 0 Å². The van der Waals surface area contributed by atoms with Gasteiger partial charge in [0, 0.05) is 39.4 Å². The number of hydrogen-bond acceptors (Lipinski definition) is 2. The van der Waals surface area contributed by atoms with E-state index in [0.717, 1.165) is 28.4 Å². The lowest BCUT2D eigenvalue weighted by Crippen LogP contribution is -2.27. The molecule has 3 aliphatic rings. The van der Waals surface area contributed by atoms with E-state index in [0.29, 0.717) is 0 Å². The second kappa shape index (κ2) is 13.8. The Balaban J connectivity index is 1.13. The van der Waals surface area contributed by atoms with Crippen LogP contribution in [-0.2, 0) is 10.8 Å². The van der Waals surface area contributed by atoms with Crippen molar-refractivity contribution in [2.75, 3.05) is 9.80 Å². The van der Waals surface area contributed by atoms with Crippen LogP contribution < -0.4 is 9.80 Å². The van der Waals surface area contributed by atoms with Gasteiger partial charge in [-0.05, 0) is 139 Å². The fraction of sp³-hybridized carbons (Fsp3) is 0.0645. The van der Waals surface area contributed by atoms with Crippen LogP contribution in [0.5, 0.6) is 0 Å². The van der Waals surface area contributed by atoms with Crippen LogP contribution in [0.1, 0.15) is 47.2 Å². The summed E-state index contributed by atoms with van der Waals surface area (Å²) >= 11 is 0. The molecule has 0 heterocycles. The van der Waals surface area contributed by atoms with E-state index < -0.39 is 5.41 Å². The second-order valence-corrected chi connectivity index (χ2v) is 18.0. The van der Waals surface area contributed by atoms with Gasteiger partial charge in [0.25, 0.3) is 0 Å². The van der Waals surface area contributed by atoms with Crippen LogP contribution in [0.3, 0.4) is 0 Å². The molecule has 0 amide bonds. The van der Waals surface area contributed by atoms with E-state index in [1.54, 1.807) is 0 Å². The Morgan fingerprint density at radius 3 is 1.39 bits per heavy atom. The van der Waals surface area contributed by atoms with Gasteiger partial charge >= 0.3 is 0 Å². The Morgan fingerprint density at radius 1 is 0.312 bits per heavy atom. The normalized spacial score (nSPS) is 15.5. The molecule has 0 saturated heterocycles. The Morgan fingerprint density at radius 2 is 0.750 bits per heavy atom. The van der Waals surface area contributed by atoms with E-state index in [-0.39, 0.29) is 5.41 Å². The molecule has 1 atom stereocenters. The molecule has 0 N–H and O–H groups in total. The van der Waals surface area contributed by atoms with Gasteiger partial charge in [-0.2, -0.15) is 0 Å². The summed E-state index contributed by atoms with van der Waals surface area (Å²) in [6, 6.07) is 85.8. The van der Waals surface area contributed by atoms with Crippen LogP contribution in [-0.4, -0.2) is 0 Å². The fourth-order valence-electron chi connectivity index (χ4n) is 11.7. The summed E-state index contributed by atoms with van der Waals surface area (Å²) in [4.78, 5) is 4.93. The van der Waals surface area contributed by atoms with Gasteiger partial charge < -0.3 is 9.80 Å². The topological polar surface area (TPSA) is 6.48 Å². The number of fused-ring (bicyclic) bond motifs is 15. The molecule has 0 aliphatic heterocycles. The smallest absolute Gasteiger partial charge is 0.0733 e. The first-order valence-corrected chi connectivity index (χ1v) is 22.4. The molecule has 302 valence electrons. The van der Waals surface area contributed by atoms with E-state index in [4.69, 9.17) is 0 Å². The molecular formula is C62H44N2. The lowest BCUT2D eigenvalue weighted by atomic mass is 9.69. The molecule has 13 rings (SSSR count). The molecule has 1 unspecified atom stereocenters. The molecule has 0 fully saturated rings. The quantitative estimate of drug-likeness (QED) is 0.165. The SMILES string of the molecule is CC1(C)c2ccccc2-c2ccc(N(c3ccccc3)c3cc4ccccc4c4c3-c3ccccc3C43c4ccccc4-c4ccc(N(c5ccccc5)c5ccccc5)cc43)cc21. The van der Waals surface area contributed by atoms with Crippen molar-refractivity contribution in [1.82, 2.24) is 0 Å². The average molecular weight is 817 g/mol. The second-order valence-electron chi connectivity index (χ2n) is 18.0. The van der Waals surface area contributed by atoms with Crippen molar-refractivity contribution in [1.29, 1.82) is 0 Å². The number of rotatable bonds is 6. The van der Waals surface area contributed by atoms with Crippen LogP contribution in [0, 0.1) is 0 Å². The Labute approximate surface area is 375 Å². The highest BCUT2D eigenvalue weighted by Crippen LogP contribution is 2.67. The van der Waals surface area contributed by atoms with Gasteiger partial charge in [0.1, 0.15) is 0 Å². The maximum absolute atomic E-state index is 2.53. The third kappa shape index (κ3) is 5.02. The predicted molar refractivity (Wildman–Crippen MR) is 267 cm³/mol. The summed E-state index contributed by atoms with van der Waals surface area (Å²) < 4.78 is 0. The third-order valence-corrected chi connectivity index (χ3v) is 14.4. The molecule has 2 nitrogen and oxygen atoms in total. The largest absolute Gasteiger partial charge is 0.310 e. The van der Waals surface area contributed by atoms with Crippen molar-refractivity contribution in [2.45, 2.75) is 24.7 Å². The number of para-hydroxylation sites is 3.